The molecule has 0 radical (unpaired) electrons. The van der Waals surface area contributed by atoms with Crippen LogP contribution in [0, 0.1) is 5.82 Å². The third kappa shape index (κ3) is 3.02. The Morgan fingerprint density at radius 3 is 2.75 bits per heavy atom. The van der Waals surface area contributed by atoms with Crippen LogP contribution in [0.2, 0.25) is 0 Å². The van der Waals surface area contributed by atoms with E-state index in [1.165, 1.54) is 17.0 Å². The summed E-state index contributed by atoms with van der Waals surface area (Å²) in [5, 5.41) is 0. The summed E-state index contributed by atoms with van der Waals surface area (Å²) < 4.78 is 23.2. The van der Waals surface area contributed by atoms with Gasteiger partial charge in [0.05, 0.1) is 24.5 Å². The first-order valence-corrected chi connectivity index (χ1v) is 6.37. The topological polar surface area (TPSA) is 55.8 Å². The van der Waals surface area contributed by atoms with Crippen molar-refractivity contribution in [2.24, 2.45) is 0 Å². The van der Waals surface area contributed by atoms with Crippen LogP contribution < -0.4 is 4.90 Å². The molecule has 0 aliphatic carbocycles. The second-order valence-corrected chi connectivity index (χ2v) is 4.41. The molecule has 108 valence electrons. The van der Waals surface area contributed by atoms with E-state index in [2.05, 4.69) is 0 Å². The Labute approximate surface area is 116 Å². The number of hydrogen-bond acceptors (Lipinski definition) is 4. The number of halogens is 1. The fourth-order valence-electron chi connectivity index (χ4n) is 2.06. The summed E-state index contributed by atoms with van der Waals surface area (Å²) in [4.78, 5) is 24.9. The number of methoxy groups -OCH3 is 1. The van der Waals surface area contributed by atoms with Gasteiger partial charge in [0.25, 0.3) is 11.7 Å². The molecule has 1 aromatic carbocycles. The summed E-state index contributed by atoms with van der Waals surface area (Å²) in [5.41, 5.74) is 0.605. The number of Topliss-reactive ketones (excluding diaryl/α,β-unsaturated/α-hetero) is 1. The van der Waals surface area contributed by atoms with Crippen molar-refractivity contribution in [1.29, 1.82) is 0 Å². The van der Waals surface area contributed by atoms with E-state index in [1.54, 1.807) is 7.11 Å². The molecular formula is C14H16FNO4. The first-order valence-electron chi connectivity index (χ1n) is 6.37. The highest BCUT2D eigenvalue weighted by molar-refractivity contribution is 6.52. The van der Waals surface area contributed by atoms with Crippen molar-refractivity contribution in [3.63, 3.8) is 0 Å². The molecule has 1 amide bonds. The lowest BCUT2D eigenvalue weighted by Crippen LogP contribution is -2.31. The van der Waals surface area contributed by atoms with E-state index in [0.29, 0.717) is 38.5 Å². The number of carbonyl (C=O) groups excluding carboxylic acids is 2. The second kappa shape index (κ2) is 6.58. The Hall–Kier alpha value is -1.79. The maximum absolute atomic E-state index is 13.1. The van der Waals surface area contributed by atoms with Gasteiger partial charge in [0.15, 0.2) is 0 Å². The van der Waals surface area contributed by atoms with Crippen LogP contribution in [0.25, 0.3) is 0 Å². The number of benzene rings is 1. The van der Waals surface area contributed by atoms with Crippen LogP contribution in [-0.4, -0.2) is 45.2 Å². The third-order valence-corrected chi connectivity index (χ3v) is 3.04. The van der Waals surface area contributed by atoms with Crippen LogP contribution in [0.3, 0.4) is 0 Å². The van der Waals surface area contributed by atoms with E-state index in [1.807, 2.05) is 0 Å². The van der Waals surface area contributed by atoms with Crippen molar-refractivity contribution in [2.45, 2.75) is 6.42 Å². The maximum atomic E-state index is 13.1. The van der Waals surface area contributed by atoms with E-state index in [4.69, 9.17) is 9.47 Å². The summed E-state index contributed by atoms with van der Waals surface area (Å²) in [7, 11) is 1.59. The van der Waals surface area contributed by atoms with Gasteiger partial charge in [-0.05, 0) is 24.6 Å². The summed E-state index contributed by atoms with van der Waals surface area (Å²) in [5.74, 6) is -1.78. The van der Waals surface area contributed by atoms with Crippen LogP contribution in [0.1, 0.15) is 16.8 Å². The van der Waals surface area contributed by atoms with Gasteiger partial charge in [0.2, 0.25) is 0 Å². The average molecular weight is 281 g/mol. The Kier molecular flexibility index (Phi) is 4.81. The molecule has 20 heavy (non-hydrogen) atoms. The number of nitrogens with zero attached hydrogens (tertiary/aromatic N) is 1. The van der Waals surface area contributed by atoms with Gasteiger partial charge in [-0.15, -0.1) is 0 Å². The summed E-state index contributed by atoms with van der Waals surface area (Å²) in [6, 6.07) is 3.80. The summed E-state index contributed by atoms with van der Waals surface area (Å²) >= 11 is 0. The normalized spacial score (nSPS) is 14.0. The lowest BCUT2D eigenvalue weighted by Gasteiger charge is -2.16. The fraction of sp³-hybridized carbons (Fsp3) is 0.429. The van der Waals surface area contributed by atoms with Crippen molar-refractivity contribution in [1.82, 2.24) is 0 Å². The molecule has 1 heterocycles. The monoisotopic (exact) mass is 281 g/mol. The van der Waals surface area contributed by atoms with Gasteiger partial charge in [-0.1, -0.05) is 0 Å². The maximum Gasteiger partial charge on any atom is 0.299 e. The van der Waals surface area contributed by atoms with Gasteiger partial charge in [0, 0.05) is 20.3 Å². The Morgan fingerprint density at radius 2 is 2.00 bits per heavy atom. The number of hydrogen-bond donors (Lipinski definition) is 0. The number of rotatable bonds is 7. The average Bonchev–Trinajstić information content (AvgIpc) is 2.67. The van der Waals surface area contributed by atoms with Crippen LogP contribution in [0.15, 0.2) is 18.2 Å². The number of ether oxygens (including phenoxy) is 2. The number of fused-ring (bicyclic) bond motifs is 1. The van der Waals surface area contributed by atoms with Gasteiger partial charge < -0.3 is 14.4 Å². The number of carbonyl (C=O) groups is 2. The molecule has 0 aromatic heterocycles. The fourth-order valence-corrected chi connectivity index (χ4v) is 2.06. The Bertz CT molecular complexity index is 518. The minimum atomic E-state index is -0.653. The molecule has 0 N–H and O–H groups in total. The van der Waals surface area contributed by atoms with E-state index in [0.717, 1.165) is 6.07 Å². The van der Waals surface area contributed by atoms with Gasteiger partial charge in [-0.25, -0.2) is 4.39 Å². The molecular weight excluding hydrogens is 265 g/mol. The molecule has 1 aromatic rings. The predicted molar refractivity (Wildman–Crippen MR) is 70.4 cm³/mol. The molecule has 1 aliphatic rings. The van der Waals surface area contributed by atoms with Crippen LogP contribution in [-0.2, 0) is 14.3 Å². The smallest absolute Gasteiger partial charge is 0.299 e. The van der Waals surface area contributed by atoms with E-state index >= 15 is 0 Å². The largest absolute Gasteiger partial charge is 0.382 e. The van der Waals surface area contributed by atoms with Crippen LogP contribution in [0.5, 0.6) is 0 Å². The van der Waals surface area contributed by atoms with Crippen molar-refractivity contribution in [3.05, 3.63) is 29.6 Å². The SMILES string of the molecule is COCCOCCCN1C(=O)C(=O)c2cc(F)ccc21. The van der Waals surface area contributed by atoms with E-state index < -0.39 is 17.5 Å². The van der Waals surface area contributed by atoms with Crippen molar-refractivity contribution in [3.8, 4) is 0 Å². The van der Waals surface area contributed by atoms with Gasteiger partial charge >= 0.3 is 0 Å². The minimum Gasteiger partial charge on any atom is -0.382 e. The van der Waals surface area contributed by atoms with Crippen molar-refractivity contribution in [2.75, 3.05) is 38.4 Å². The molecule has 0 spiro atoms. The molecule has 0 atom stereocenters. The zero-order valence-corrected chi connectivity index (χ0v) is 11.2. The third-order valence-electron chi connectivity index (χ3n) is 3.04. The molecule has 0 saturated carbocycles. The van der Waals surface area contributed by atoms with Gasteiger partial charge in [-0.2, -0.15) is 0 Å². The highest BCUT2D eigenvalue weighted by Crippen LogP contribution is 2.29. The Morgan fingerprint density at radius 1 is 1.20 bits per heavy atom. The molecule has 0 bridgehead atoms. The summed E-state index contributed by atoms with van der Waals surface area (Å²) in [6.07, 6.45) is 0.597. The van der Waals surface area contributed by atoms with Crippen molar-refractivity contribution < 1.29 is 23.5 Å². The number of ketones is 1. The molecule has 0 fully saturated rings. The first-order chi connectivity index (χ1) is 9.65. The Balaban J connectivity index is 1.93. The number of anilines is 1. The highest BCUT2D eigenvalue weighted by Gasteiger charge is 2.35. The molecule has 5 nitrogen and oxygen atoms in total. The van der Waals surface area contributed by atoms with E-state index in [-0.39, 0.29) is 5.56 Å². The van der Waals surface area contributed by atoms with E-state index in [9.17, 15) is 14.0 Å². The standard InChI is InChI=1S/C14H16FNO4/c1-19-7-8-20-6-2-5-16-12-4-3-10(15)9-11(12)13(17)14(16)18/h3-4,9H,2,5-8H2,1H3. The zero-order chi connectivity index (χ0) is 14.5. The lowest BCUT2D eigenvalue weighted by molar-refractivity contribution is -0.114. The van der Waals surface area contributed by atoms with Crippen LogP contribution in [0.4, 0.5) is 10.1 Å². The van der Waals surface area contributed by atoms with Gasteiger partial charge in [-0.3, -0.25) is 9.59 Å². The molecule has 1 aliphatic heterocycles. The van der Waals surface area contributed by atoms with Gasteiger partial charge in [0.1, 0.15) is 5.82 Å². The molecule has 6 heteroatoms. The second-order valence-electron chi connectivity index (χ2n) is 4.41. The van der Waals surface area contributed by atoms with Crippen molar-refractivity contribution >= 4 is 17.4 Å². The highest BCUT2D eigenvalue weighted by atomic mass is 19.1. The lowest BCUT2D eigenvalue weighted by atomic mass is 10.1. The minimum absolute atomic E-state index is 0.135. The summed E-state index contributed by atoms with van der Waals surface area (Å²) in [6.45, 7) is 1.85. The number of amides is 1. The zero-order valence-electron chi connectivity index (χ0n) is 11.2. The quantitative estimate of drug-likeness (QED) is 0.560. The predicted octanol–water partition coefficient (Wildman–Crippen LogP) is 1.41. The van der Waals surface area contributed by atoms with Crippen LogP contribution >= 0.6 is 0 Å². The molecule has 2 rings (SSSR count). The first kappa shape index (κ1) is 14.6. The molecule has 0 saturated heterocycles. The molecule has 0 unspecified atom stereocenters.